The maximum Gasteiger partial charge on any atom is 0.259 e. The first kappa shape index (κ1) is 23.5. The number of carbonyl (C=O) groups excluding carboxylic acids is 1. The molecule has 0 atom stereocenters. The first-order valence-electron chi connectivity index (χ1n) is 12.1. The Balaban J connectivity index is 1.44. The number of aromatic nitrogens is 2. The highest BCUT2D eigenvalue weighted by molar-refractivity contribution is 6.08. The van der Waals surface area contributed by atoms with Crippen LogP contribution in [-0.4, -0.2) is 85.2 Å². The molecule has 3 aromatic rings. The summed E-state index contributed by atoms with van der Waals surface area (Å²) in [4.78, 5) is 39.8. The number of anilines is 2. The molecular weight excluding hydrogens is 444 g/mol. The SMILES string of the molecule is Cc1cc(=O)[nH]c2ccc(NC(=O)c3cc(CN4CCOCC4)cnc3N3CCN(C)CC3)cc12. The van der Waals surface area contributed by atoms with E-state index in [-0.39, 0.29) is 11.5 Å². The lowest BCUT2D eigenvalue weighted by Crippen LogP contribution is -2.45. The monoisotopic (exact) mass is 476 g/mol. The number of rotatable bonds is 5. The Morgan fingerprint density at radius 1 is 1.09 bits per heavy atom. The number of nitrogens with zero attached hydrogens (tertiary/aromatic N) is 4. The second-order valence-corrected chi connectivity index (χ2v) is 9.42. The van der Waals surface area contributed by atoms with Crippen molar-refractivity contribution < 1.29 is 9.53 Å². The van der Waals surface area contributed by atoms with Crippen LogP contribution in [0.5, 0.6) is 0 Å². The average molecular weight is 477 g/mol. The van der Waals surface area contributed by atoms with Gasteiger partial charge in [0.25, 0.3) is 5.91 Å². The van der Waals surface area contributed by atoms with Gasteiger partial charge in [0, 0.05) is 74.7 Å². The van der Waals surface area contributed by atoms with Crippen molar-refractivity contribution in [3.8, 4) is 0 Å². The van der Waals surface area contributed by atoms with Crippen LogP contribution in [-0.2, 0) is 11.3 Å². The van der Waals surface area contributed by atoms with Crippen LogP contribution >= 0.6 is 0 Å². The number of aryl methyl sites for hydroxylation is 1. The molecule has 0 spiro atoms. The Morgan fingerprint density at radius 2 is 1.86 bits per heavy atom. The van der Waals surface area contributed by atoms with Gasteiger partial charge in [0.2, 0.25) is 5.56 Å². The molecule has 0 unspecified atom stereocenters. The quantitative estimate of drug-likeness (QED) is 0.582. The van der Waals surface area contributed by atoms with Gasteiger partial charge < -0.3 is 24.8 Å². The number of hydrogen-bond acceptors (Lipinski definition) is 7. The fourth-order valence-corrected chi connectivity index (χ4v) is 4.74. The molecule has 2 aromatic heterocycles. The van der Waals surface area contributed by atoms with E-state index >= 15 is 0 Å². The van der Waals surface area contributed by atoms with Crippen LogP contribution in [0.2, 0.25) is 0 Å². The summed E-state index contributed by atoms with van der Waals surface area (Å²) in [7, 11) is 2.11. The molecule has 2 aliphatic heterocycles. The fraction of sp³-hybridized carbons (Fsp3) is 0.423. The predicted octanol–water partition coefficient (Wildman–Crippen LogP) is 2.07. The van der Waals surface area contributed by atoms with E-state index in [1.54, 1.807) is 6.07 Å². The van der Waals surface area contributed by atoms with Gasteiger partial charge in [0.15, 0.2) is 0 Å². The van der Waals surface area contributed by atoms with Crippen LogP contribution in [0.1, 0.15) is 21.5 Å². The maximum atomic E-state index is 13.6. The first-order valence-corrected chi connectivity index (χ1v) is 12.1. The minimum absolute atomic E-state index is 0.133. The number of benzene rings is 1. The highest BCUT2D eigenvalue weighted by Crippen LogP contribution is 2.25. The van der Waals surface area contributed by atoms with Crippen LogP contribution in [0.25, 0.3) is 10.9 Å². The minimum atomic E-state index is -0.184. The molecule has 35 heavy (non-hydrogen) atoms. The van der Waals surface area contributed by atoms with Gasteiger partial charge in [-0.25, -0.2) is 4.98 Å². The molecule has 184 valence electrons. The van der Waals surface area contributed by atoms with Crippen molar-refractivity contribution in [1.29, 1.82) is 0 Å². The van der Waals surface area contributed by atoms with Gasteiger partial charge in [0.05, 0.1) is 18.8 Å². The summed E-state index contributed by atoms with van der Waals surface area (Å²) >= 11 is 0. The number of pyridine rings is 2. The summed E-state index contributed by atoms with van der Waals surface area (Å²) in [6.45, 7) is 9.36. The molecule has 2 aliphatic rings. The third kappa shape index (κ3) is 5.37. The lowest BCUT2D eigenvalue weighted by atomic mass is 10.1. The second-order valence-electron chi connectivity index (χ2n) is 9.42. The molecule has 5 rings (SSSR count). The first-order chi connectivity index (χ1) is 17.0. The summed E-state index contributed by atoms with van der Waals surface area (Å²) in [5.74, 6) is 0.541. The average Bonchev–Trinajstić information content (AvgIpc) is 2.85. The number of likely N-dealkylation sites (N-methyl/N-ethyl adjacent to an activating group) is 1. The van der Waals surface area contributed by atoms with Crippen molar-refractivity contribution in [3.05, 3.63) is 63.6 Å². The van der Waals surface area contributed by atoms with Crippen molar-refractivity contribution in [2.45, 2.75) is 13.5 Å². The number of amides is 1. The van der Waals surface area contributed by atoms with Crippen LogP contribution in [0.15, 0.2) is 41.3 Å². The number of hydrogen-bond donors (Lipinski definition) is 2. The van der Waals surface area contributed by atoms with E-state index in [0.29, 0.717) is 11.3 Å². The molecule has 4 heterocycles. The van der Waals surface area contributed by atoms with Crippen LogP contribution < -0.4 is 15.8 Å². The normalized spacial score (nSPS) is 17.6. The smallest absolute Gasteiger partial charge is 0.259 e. The van der Waals surface area contributed by atoms with Gasteiger partial charge in [-0.2, -0.15) is 0 Å². The molecule has 1 amide bonds. The lowest BCUT2D eigenvalue weighted by Gasteiger charge is -2.34. The highest BCUT2D eigenvalue weighted by Gasteiger charge is 2.23. The largest absolute Gasteiger partial charge is 0.379 e. The van der Waals surface area contributed by atoms with Gasteiger partial charge >= 0.3 is 0 Å². The third-order valence-electron chi connectivity index (χ3n) is 6.79. The number of carbonyl (C=O) groups is 1. The summed E-state index contributed by atoms with van der Waals surface area (Å²) in [6, 6.07) is 9.09. The van der Waals surface area contributed by atoms with E-state index in [1.165, 1.54) is 0 Å². The van der Waals surface area contributed by atoms with Crippen LogP contribution in [0.4, 0.5) is 11.5 Å². The van der Waals surface area contributed by atoms with Crippen LogP contribution in [0.3, 0.4) is 0 Å². The van der Waals surface area contributed by atoms with E-state index < -0.39 is 0 Å². The lowest BCUT2D eigenvalue weighted by molar-refractivity contribution is 0.0341. The van der Waals surface area contributed by atoms with Gasteiger partial charge in [-0.05, 0) is 49.4 Å². The maximum absolute atomic E-state index is 13.6. The Labute approximate surface area is 204 Å². The molecule has 2 N–H and O–H groups in total. The van der Waals surface area contributed by atoms with E-state index in [9.17, 15) is 9.59 Å². The minimum Gasteiger partial charge on any atom is -0.379 e. The molecular formula is C26H32N6O3. The molecule has 1 aromatic carbocycles. The van der Waals surface area contributed by atoms with E-state index in [1.807, 2.05) is 37.4 Å². The number of piperazine rings is 1. The number of ether oxygens (including phenoxy) is 1. The molecule has 2 saturated heterocycles. The van der Waals surface area contributed by atoms with Gasteiger partial charge in [0.1, 0.15) is 5.82 Å². The summed E-state index contributed by atoms with van der Waals surface area (Å²) in [5, 5.41) is 3.97. The standard InChI is InChI=1S/C26H32N6O3/c1-18-13-24(33)29-23-4-3-20(15-21(18)23)28-26(34)22-14-19(17-31-9-11-35-12-10-31)16-27-25(22)32-7-5-30(2)6-8-32/h3-4,13-16H,5-12,17H2,1-2H3,(H,28,34)(H,29,33). The molecule has 0 saturated carbocycles. The molecule has 9 heteroatoms. The number of nitrogens with one attached hydrogen (secondary N) is 2. The van der Waals surface area contributed by atoms with Crippen molar-refractivity contribution in [3.63, 3.8) is 0 Å². The summed E-state index contributed by atoms with van der Waals surface area (Å²) < 4.78 is 5.47. The van der Waals surface area contributed by atoms with Gasteiger partial charge in [-0.1, -0.05) is 0 Å². The van der Waals surface area contributed by atoms with Crippen LogP contribution in [0, 0.1) is 6.92 Å². The number of H-pyrrole nitrogens is 1. The van der Waals surface area contributed by atoms with Crippen molar-refractivity contribution in [2.24, 2.45) is 0 Å². The predicted molar refractivity (Wildman–Crippen MR) is 137 cm³/mol. The number of fused-ring (bicyclic) bond motifs is 1. The highest BCUT2D eigenvalue weighted by atomic mass is 16.5. The van der Waals surface area contributed by atoms with Crippen molar-refractivity contribution in [1.82, 2.24) is 19.8 Å². The third-order valence-corrected chi connectivity index (χ3v) is 6.79. The molecule has 0 aliphatic carbocycles. The van der Waals surface area contributed by atoms with E-state index in [4.69, 9.17) is 9.72 Å². The fourth-order valence-electron chi connectivity index (χ4n) is 4.74. The van der Waals surface area contributed by atoms with E-state index in [0.717, 1.165) is 86.9 Å². The second kappa shape index (κ2) is 10.2. The number of aromatic amines is 1. The Kier molecular flexibility index (Phi) is 6.81. The molecule has 2 fully saturated rings. The zero-order chi connectivity index (χ0) is 24.4. The molecule has 9 nitrogen and oxygen atoms in total. The zero-order valence-electron chi connectivity index (χ0n) is 20.3. The van der Waals surface area contributed by atoms with Crippen molar-refractivity contribution >= 4 is 28.3 Å². The Bertz CT molecular complexity index is 1280. The number of morpholine rings is 1. The molecule has 0 bridgehead atoms. The van der Waals surface area contributed by atoms with Gasteiger partial charge in [-0.3, -0.25) is 14.5 Å². The Morgan fingerprint density at radius 3 is 2.63 bits per heavy atom. The van der Waals surface area contributed by atoms with Crippen molar-refractivity contribution in [2.75, 3.05) is 69.7 Å². The molecule has 0 radical (unpaired) electrons. The van der Waals surface area contributed by atoms with E-state index in [2.05, 4.69) is 32.0 Å². The Hall–Kier alpha value is -3.27. The zero-order valence-corrected chi connectivity index (χ0v) is 20.3. The summed E-state index contributed by atoms with van der Waals surface area (Å²) in [5.41, 5.74) is 3.76. The summed E-state index contributed by atoms with van der Waals surface area (Å²) in [6.07, 6.45) is 1.90. The topological polar surface area (TPSA) is 93.8 Å². The van der Waals surface area contributed by atoms with Gasteiger partial charge in [-0.15, -0.1) is 0 Å².